The number of carbonyl (C=O) groups is 2. The van der Waals surface area contributed by atoms with Gasteiger partial charge < -0.3 is 19.7 Å². The van der Waals surface area contributed by atoms with Gasteiger partial charge in [-0.3, -0.25) is 4.79 Å². The lowest BCUT2D eigenvalue weighted by Crippen LogP contribution is -2.36. The van der Waals surface area contributed by atoms with Crippen LogP contribution in [0.4, 0.5) is 5.69 Å². The molecule has 0 spiro atoms. The summed E-state index contributed by atoms with van der Waals surface area (Å²) in [6, 6.07) is 15.6. The summed E-state index contributed by atoms with van der Waals surface area (Å²) in [6.45, 7) is 4.27. The van der Waals surface area contributed by atoms with Crippen LogP contribution in [0.5, 0.6) is 5.95 Å². The van der Waals surface area contributed by atoms with Crippen molar-refractivity contribution in [1.82, 2.24) is 5.27 Å². The van der Waals surface area contributed by atoms with E-state index >= 15 is 0 Å². The molecular weight excluding hydrogens is 430 g/mol. The molecule has 32 heavy (non-hydrogen) atoms. The molecule has 0 aliphatic carbocycles. The summed E-state index contributed by atoms with van der Waals surface area (Å²) in [5, 5.41) is 18.5. The summed E-state index contributed by atoms with van der Waals surface area (Å²) < 4.78 is 11.4. The number of anilines is 1. The molecule has 1 heterocycles. The number of nitrogens with one attached hydrogen (secondary N) is 1. The first kappa shape index (κ1) is 23.3. The minimum absolute atomic E-state index is 0.225. The van der Waals surface area contributed by atoms with Crippen LogP contribution in [0.1, 0.15) is 43.5 Å². The number of aromatic nitrogens is 2. The van der Waals surface area contributed by atoms with Crippen LogP contribution in [-0.2, 0) is 9.53 Å². The van der Waals surface area contributed by atoms with Gasteiger partial charge in [-0.25, -0.2) is 4.79 Å². The normalized spacial score (nSPS) is 11.7. The van der Waals surface area contributed by atoms with Gasteiger partial charge in [-0.2, -0.15) is 0 Å². The third kappa shape index (κ3) is 5.88. The minimum atomic E-state index is -0.601. The molecule has 1 amide bonds. The summed E-state index contributed by atoms with van der Waals surface area (Å²) in [6.07, 6.45) is 2.25. The molecule has 0 fully saturated rings. The maximum Gasteiger partial charge on any atom is 0.338 e. The fourth-order valence-electron chi connectivity index (χ4n) is 2.83. The lowest BCUT2D eigenvalue weighted by atomic mass is 10.2. The summed E-state index contributed by atoms with van der Waals surface area (Å²) in [5.41, 5.74) is 1.63. The fourth-order valence-corrected chi connectivity index (χ4v) is 3.81. The van der Waals surface area contributed by atoms with Crippen molar-refractivity contribution in [1.29, 1.82) is 0 Å². The first-order valence-corrected chi connectivity index (χ1v) is 11.3. The van der Waals surface area contributed by atoms with Crippen molar-refractivity contribution in [2.75, 3.05) is 11.9 Å². The van der Waals surface area contributed by atoms with Crippen LogP contribution in [0.15, 0.2) is 64.1 Å². The van der Waals surface area contributed by atoms with Gasteiger partial charge in [0.25, 0.3) is 5.03 Å². The topological polar surface area (TPSA) is 108 Å². The molecular formula is C23H25N3O5S. The number of esters is 1. The van der Waals surface area contributed by atoms with Gasteiger partial charge in [-0.15, -0.1) is 0 Å². The van der Waals surface area contributed by atoms with E-state index in [-0.39, 0.29) is 16.9 Å². The Kier molecular flexibility index (Phi) is 8.27. The van der Waals surface area contributed by atoms with Crippen LogP contribution in [0, 0.1) is 0 Å². The molecule has 9 heteroatoms. The molecule has 0 saturated heterocycles. The standard InChI is InChI=1S/C23H25N3O5S/c1-3-5-15-30-22(28)16-11-13-17(14-12-16)24-20(27)19(4-2)32-21-23(29)31-25-26(21)18-9-7-6-8-10-18/h6-14,19H,3-5,15H2,1-2H3,(H-,24,25,27,28,29). The van der Waals surface area contributed by atoms with Crippen molar-refractivity contribution in [2.24, 2.45) is 0 Å². The van der Waals surface area contributed by atoms with Gasteiger partial charge in [0, 0.05) is 17.8 Å². The van der Waals surface area contributed by atoms with E-state index in [2.05, 4.69) is 10.6 Å². The van der Waals surface area contributed by atoms with E-state index in [1.807, 2.05) is 32.0 Å². The number of carbonyl (C=O) groups excluding carboxylic acids is 2. The maximum atomic E-state index is 12.8. The third-order valence-electron chi connectivity index (χ3n) is 4.61. The van der Waals surface area contributed by atoms with Crippen LogP contribution < -0.4 is 15.1 Å². The van der Waals surface area contributed by atoms with Crippen LogP contribution in [0.25, 0.3) is 5.69 Å². The Balaban J connectivity index is 1.66. The summed E-state index contributed by atoms with van der Waals surface area (Å²) in [4.78, 5) is 24.8. The Morgan fingerprint density at radius 3 is 2.53 bits per heavy atom. The second kappa shape index (κ2) is 11.3. The van der Waals surface area contributed by atoms with Gasteiger partial charge in [0.15, 0.2) is 5.95 Å². The second-order valence-electron chi connectivity index (χ2n) is 6.98. The Hall–Kier alpha value is -3.33. The molecule has 168 valence electrons. The van der Waals surface area contributed by atoms with Gasteiger partial charge in [0.05, 0.1) is 22.7 Å². The number of rotatable bonds is 10. The lowest BCUT2D eigenvalue weighted by molar-refractivity contribution is -0.705. The van der Waals surface area contributed by atoms with Gasteiger partial charge in [0.2, 0.25) is 11.6 Å². The average Bonchev–Trinajstić information content (AvgIpc) is 3.18. The molecule has 1 unspecified atom stereocenters. The maximum absolute atomic E-state index is 12.8. The molecule has 1 atom stereocenters. The third-order valence-corrected chi connectivity index (χ3v) is 6.00. The van der Waals surface area contributed by atoms with E-state index in [4.69, 9.17) is 9.26 Å². The summed E-state index contributed by atoms with van der Waals surface area (Å²) in [7, 11) is 0. The largest absolute Gasteiger partial charge is 0.538 e. The van der Waals surface area contributed by atoms with E-state index in [1.54, 1.807) is 36.4 Å². The molecule has 0 aliphatic rings. The van der Waals surface area contributed by atoms with Gasteiger partial charge in [0.1, 0.15) is 0 Å². The number of unbranched alkanes of at least 4 members (excludes halogenated alkanes) is 1. The summed E-state index contributed by atoms with van der Waals surface area (Å²) in [5.74, 6) is -1.26. The highest BCUT2D eigenvalue weighted by Gasteiger charge is 2.28. The van der Waals surface area contributed by atoms with Crippen molar-refractivity contribution < 1.29 is 28.6 Å². The zero-order valence-electron chi connectivity index (χ0n) is 17.9. The van der Waals surface area contributed by atoms with Crippen LogP contribution in [0.3, 0.4) is 0 Å². The zero-order valence-corrected chi connectivity index (χ0v) is 18.8. The smallest absolute Gasteiger partial charge is 0.338 e. The highest BCUT2D eigenvalue weighted by molar-refractivity contribution is 8.00. The SMILES string of the molecule is CCCCOC(=O)c1ccc(NC(=O)C(CC)Sc2c([O-])on[n+]2-c2ccccc2)cc1. The van der Waals surface area contributed by atoms with Crippen molar-refractivity contribution in [3.05, 3.63) is 60.2 Å². The number of para-hydroxylation sites is 1. The van der Waals surface area contributed by atoms with Crippen LogP contribution in [0.2, 0.25) is 0 Å². The average molecular weight is 456 g/mol. The molecule has 3 aromatic rings. The van der Waals surface area contributed by atoms with E-state index in [0.29, 0.717) is 30.0 Å². The molecule has 0 radical (unpaired) electrons. The molecule has 8 nitrogen and oxygen atoms in total. The zero-order chi connectivity index (χ0) is 22.9. The quantitative estimate of drug-likeness (QED) is 0.216. The van der Waals surface area contributed by atoms with Crippen molar-refractivity contribution in [3.8, 4) is 11.6 Å². The first-order chi connectivity index (χ1) is 15.5. The molecule has 1 aromatic heterocycles. The number of benzene rings is 2. The molecule has 0 bridgehead atoms. The minimum Gasteiger partial charge on any atom is -0.538 e. The van der Waals surface area contributed by atoms with Gasteiger partial charge >= 0.3 is 5.97 Å². The molecule has 1 N–H and O–H groups in total. The lowest BCUT2D eigenvalue weighted by Gasteiger charge is -2.13. The van der Waals surface area contributed by atoms with Crippen molar-refractivity contribution >= 4 is 29.3 Å². The van der Waals surface area contributed by atoms with Gasteiger partial charge in [-0.1, -0.05) is 38.5 Å². The molecule has 2 aromatic carbocycles. The monoisotopic (exact) mass is 455 g/mol. The van der Waals surface area contributed by atoms with E-state index in [1.165, 1.54) is 4.68 Å². The van der Waals surface area contributed by atoms with E-state index in [0.717, 1.165) is 24.6 Å². The Morgan fingerprint density at radius 2 is 1.88 bits per heavy atom. The van der Waals surface area contributed by atoms with Crippen molar-refractivity contribution in [2.45, 2.75) is 43.4 Å². The van der Waals surface area contributed by atoms with Gasteiger partial charge in [-0.05, 0) is 53.6 Å². The van der Waals surface area contributed by atoms with E-state index in [9.17, 15) is 14.7 Å². The highest BCUT2D eigenvalue weighted by Crippen LogP contribution is 2.29. The number of hydrogen-bond donors (Lipinski definition) is 1. The number of amides is 1. The second-order valence-corrected chi connectivity index (χ2v) is 8.18. The summed E-state index contributed by atoms with van der Waals surface area (Å²) >= 11 is 1.10. The van der Waals surface area contributed by atoms with Crippen molar-refractivity contribution in [3.63, 3.8) is 0 Å². The van der Waals surface area contributed by atoms with Crippen LogP contribution in [-0.4, -0.2) is 29.0 Å². The predicted molar refractivity (Wildman–Crippen MR) is 118 cm³/mol. The Morgan fingerprint density at radius 1 is 1.16 bits per heavy atom. The number of thioether (sulfide) groups is 1. The predicted octanol–water partition coefficient (Wildman–Crippen LogP) is 3.49. The fraction of sp³-hybridized carbons (Fsp3) is 0.304. The first-order valence-electron chi connectivity index (χ1n) is 10.4. The van der Waals surface area contributed by atoms with Crippen LogP contribution >= 0.6 is 11.8 Å². The number of hydrogen-bond acceptors (Lipinski definition) is 7. The molecule has 0 saturated carbocycles. The Labute approximate surface area is 190 Å². The van der Waals surface area contributed by atoms with E-state index < -0.39 is 11.2 Å². The molecule has 0 aliphatic heterocycles. The number of ether oxygens (including phenoxy) is 1. The number of nitrogens with zero attached hydrogens (tertiary/aromatic N) is 2. The molecule has 3 rings (SSSR count). The highest BCUT2D eigenvalue weighted by atomic mass is 32.2. The Bertz CT molecular complexity index is 1040.